The molecule has 2 aliphatic rings. The van der Waals surface area contributed by atoms with Crippen molar-refractivity contribution in [3.63, 3.8) is 0 Å². The Bertz CT molecular complexity index is 1930. The third-order valence-electron chi connectivity index (χ3n) is 9.82. The zero-order chi connectivity index (χ0) is 37.9. The number of fused-ring (bicyclic) bond motifs is 1. The predicted octanol–water partition coefficient (Wildman–Crippen LogP) is 8.72. The third kappa shape index (κ3) is 10.3. The van der Waals surface area contributed by atoms with Crippen LogP contribution in [0.25, 0.3) is 0 Å². The maximum Gasteiger partial charge on any atom is 0.475 e. The van der Waals surface area contributed by atoms with Crippen LogP contribution in [0, 0.1) is 5.92 Å². The van der Waals surface area contributed by atoms with Crippen molar-refractivity contribution in [2.45, 2.75) is 63.6 Å². The zero-order valence-corrected chi connectivity index (χ0v) is 31.9. The second-order valence-electron chi connectivity index (χ2n) is 13.5. The highest BCUT2D eigenvalue weighted by Crippen LogP contribution is 2.58. The Balaban J connectivity index is 1.24. The Kier molecular flexibility index (Phi) is 13.4. The molecule has 55 heavy (non-hydrogen) atoms. The van der Waals surface area contributed by atoms with Crippen LogP contribution in [0.15, 0.2) is 140 Å². The third-order valence-corrected chi connectivity index (χ3v) is 11.2. The van der Waals surface area contributed by atoms with Gasteiger partial charge in [0.25, 0.3) is 0 Å². The fraction of sp³-hybridized carbons (Fsp3) is 0.318. The molecule has 0 bridgehead atoms. The summed E-state index contributed by atoms with van der Waals surface area (Å²) in [6.07, 6.45) is -3.60. The molecule has 1 saturated heterocycles. The van der Waals surface area contributed by atoms with E-state index in [4.69, 9.17) is 42.0 Å². The molecule has 0 unspecified atom stereocenters. The minimum Gasteiger partial charge on any atom is -0.497 e. The smallest absolute Gasteiger partial charge is 0.475 e. The van der Waals surface area contributed by atoms with Crippen LogP contribution in [0.2, 0.25) is 0 Å². The molecule has 10 nitrogen and oxygen atoms in total. The summed E-state index contributed by atoms with van der Waals surface area (Å²) >= 11 is 0. The lowest BCUT2D eigenvalue weighted by molar-refractivity contribution is -0.269. The van der Waals surface area contributed by atoms with Crippen LogP contribution < -0.4 is 9.47 Å². The van der Waals surface area contributed by atoms with Gasteiger partial charge in [-0.15, -0.1) is 0 Å². The molecule has 0 amide bonds. The molecule has 11 heteroatoms. The van der Waals surface area contributed by atoms with Gasteiger partial charge in [0.2, 0.25) is 0 Å². The van der Waals surface area contributed by atoms with E-state index in [2.05, 4.69) is 0 Å². The second kappa shape index (κ2) is 19.0. The molecule has 0 radical (unpaired) electrons. The molecule has 1 heterocycles. The van der Waals surface area contributed by atoms with Crippen LogP contribution in [-0.2, 0) is 70.1 Å². The van der Waals surface area contributed by atoms with Crippen LogP contribution in [0.3, 0.4) is 0 Å². The normalized spacial score (nSPS) is 24.8. The highest BCUT2D eigenvalue weighted by molar-refractivity contribution is 7.48. The molecule has 7 rings (SSSR count). The van der Waals surface area contributed by atoms with E-state index < -0.39 is 44.3 Å². The van der Waals surface area contributed by atoms with Gasteiger partial charge in [0.15, 0.2) is 0 Å². The number of rotatable bonds is 17. The van der Waals surface area contributed by atoms with E-state index in [0.29, 0.717) is 6.61 Å². The van der Waals surface area contributed by atoms with Crippen LogP contribution in [0.5, 0.6) is 11.5 Å². The van der Waals surface area contributed by atoms with Gasteiger partial charge in [-0.1, -0.05) is 115 Å². The topological polar surface area (TPSA) is 100 Å². The number of phosphoric acid groups is 1. The molecule has 2 fully saturated rings. The summed E-state index contributed by atoms with van der Waals surface area (Å²) in [5, 5.41) is 0. The molecule has 1 saturated carbocycles. The Morgan fingerprint density at radius 3 is 1.33 bits per heavy atom. The van der Waals surface area contributed by atoms with Crippen molar-refractivity contribution in [1.29, 1.82) is 0 Å². The highest BCUT2D eigenvalue weighted by Gasteiger charge is 2.59. The van der Waals surface area contributed by atoms with Crippen molar-refractivity contribution in [2.75, 3.05) is 20.8 Å². The Morgan fingerprint density at radius 2 is 0.873 bits per heavy atom. The summed E-state index contributed by atoms with van der Waals surface area (Å²) in [5.74, 6) is 1.02. The lowest BCUT2D eigenvalue weighted by atomic mass is 9.78. The molecule has 5 aromatic carbocycles. The summed E-state index contributed by atoms with van der Waals surface area (Å²) in [6, 6.07) is 44.7. The predicted molar refractivity (Wildman–Crippen MR) is 206 cm³/mol. The summed E-state index contributed by atoms with van der Waals surface area (Å²) < 4.78 is 70.9. The fourth-order valence-electron chi connectivity index (χ4n) is 6.86. The van der Waals surface area contributed by atoms with Gasteiger partial charge in [0.05, 0.1) is 60.0 Å². The highest BCUT2D eigenvalue weighted by atomic mass is 31.2. The van der Waals surface area contributed by atoms with Gasteiger partial charge in [-0.3, -0.25) is 13.6 Å². The van der Waals surface area contributed by atoms with E-state index in [-0.39, 0.29) is 33.0 Å². The fourth-order valence-corrected chi connectivity index (χ4v) is 8.30. The van der Waals surface area contributed by atoms with Crippen LogP contribution in [0.1, 0.15) is 27.8 Å². The van der Waals surface area contributed by atoms with Crippen molar-refractivity contribution in [1.82, 2.24) is 0 Å². The van der Waals surface area contributed by atoms with Gasteiger partial charge >= 0.3 is 7.82 Å². The summed E-state index contributed by atoms with van der Waals surface area (Å²) in [7, 11) is -0.802. The molecule has 5 aromatic rings. The van der Waals surface area contributed by atoms with E-state index >= 15 is 0 Å². The monoisotopic (exact) mass is 766 g/mol. The van der Waals surface area contributed by atoms with Crippen LogP contribution in [-0.4, -0.2) is 51.3 Å². The van der Waals surface area contributed by atoms with E-state index in [1.807, 2.05) is 140 Å². The maximum absolute atomic E-state index is 14.3. The molecular weight excluding hydrogens is 719 g/mol. The van der Waals surface area contributed by atoms with Gasteiger partial charge < -0.3 is 28.4 Å². The standard InChI is InChI=1S/C44H47O10P/c1-46-37-22-18-35(19-23-37)28-49-42-40(48-26-32-12-6-3-7-13-32)39-31-53-55(45,52-30-34-16-10-5-11-17-34)54-41(39)43(44(42)51-27-33-14-8-4-9-15-33)50-29-36-20-24-38(47-2)25-21-36/h3-25,39-44H,26-31H2,1-2H3/t39-,40-,41+,42+,43-,44-,55+/m0/s1. The number of phosphoric ester groups is 1. The van der Waals surface area contributed by atoms with Gasteiger partial charge in [-0.2, -0.15) is 0 Å². The number of benzene rings is 5. The maximum atomic E-state index is 14.3. The summed E-state index contributed by atoms with van der Waals surface area (Å²) in [6.45, 7) is 1.09. The average molecular weight is 767 g/mol. The molecule has 1 aliphatic carbocycles. The SMILES string of the molecule is COc1ccc(CO[C@@H]2[C@@H](OCc3ccccc3)[C@H](OCc3ccc(OC)cc3)[C@@H](OCc3ccccc3)[C@@H]3CO[P@@](=O)(OCc4ccccc4)O[C@H]32)cc1. The van der Waals surface area contributed by atoms with E-state index in [1.54, 1.807) is 14.2 Å². The van der Waals surface area contributed by atoms with E-state index in [0.717, 1.165) is 39.3 Å². The minimum absolute atomic E-state index is 0.0202. The minimum atomic E-state index is -4.07. The lowest BCUT2D eigenvalue weighted by Crippen LogP contribution is -2.66. The Morgan fingerprint density at radius 1 is 0.491 bits per heavy atom. The first-order chi connectivity index (χ1) is 27.0. The van der Waals surface area contributed by atoms with Gasteiger partial charge in [-0.25, -0.2) is 4.57 Å². The quantitative estimate of drug-likeness (QED) is 0.0855. The number of methoxy groups -OCH3 is 2. The first-order valence-corrected chi connectivity index (χ1v) is 19.9. The first-order valence-electron chi connectivity index (χ1n) is 18.4. The number of hydrogen-bond acceptors (Lipinski definition) is 10. The van der Waals surface area contributed by atoms with E-state index in [9.17, 15) is 4.57 Å². The van der Waals surface area contributed by atoms with Crippen LogP contribution >= 0.6 is 7.82 Å². The van der Waals surface area contributed by atoms with Crippen molar-refractivity contribution >= 4 is 7.82 Å². The average Bonchev–Trinajstić information content (AvgIpc) is 3.24. The second-order valence-corrected chi connectivity index (χ2v) is 15.1. The number of ether oxygens (including phenoxy) is 6. The van der Waals surface area contributed by atoms with Gasteiger partial charge in [0.1, 0.15) is 35.9 Å². The summed E-state index contributed by atoms with van der Waals surface area (Å²) in [4.78, 5) is 0. The van der Waals surface area contributed by atoms with Crippen molar-refractivity contribution < 1.29 is 46.6 Å². The van der Waals surface area contributed by atoms with Gasteiger partial charge in [0, 0.05) is 5.92 Å². The van der Waals surface area contributed by atoms with E-state index in [1.165, 1.54) is 0 Å². The van der Waals surface area contributed by atoms with Crippen molar-refractivity contribution in [3.8, 4) is 11.5 Å². The van der Waals surface area contributed by atoms with Crippen molar-refractivity contribution in [2.24, 2.45) is 5.92 Å². The first kappa shape index (κ1) is 38.9. The Labute approximate surface area is 322 Å². The number of hydrogen-bond donors (Lipinski definition) is 0. The molecule has 1 aliphatic heterocycles. The largest absolute Gasteiger partial charge is 0.497 e. The Hall–Kier alpha value is -4.35. The molecule has 0 spiro atoms. The summed E-state index contributed by atoms with van der Waals surface area (Å²) in [5.41, 5.74) is 4.65. The molecule has 0 aromatic heterocycles. The molecular formula is C44H47O10P. The van der Waals surface area contributed by atoms with Crippen LogP contribution in [0.4, 0.5) is 0 Å². The molecule has 0 N–H and O–H groups in total. The van der Waals surface area contributed by atoms with Gasteiger partial charge in [-0.05, 0) is 52.1 Å². The lowest BCUT2D eigenvalue weighted by Gasteiger charge is -2.52. The molecule has 288 valence electrons. The molecule has 7 atom stereocenters. The zero-order valence-electron chi connectivity index (χ0n) is 31.0. The van der Waals surface area contributed by atoms with Crippen molar-refractivity contribution in [3.05, 3.63) is 167 Å².